The fourth-order valence-electron chi connectivity index (χ4n) is 2.07. The summed E-state index contributed by atoms with van der Waals surface area (Å²) in [6, 6.07) is 0.841. The lowest BCUT2D eigenvalue weighted by Gasteiger charge is -2.21. The molecule has 1 fully saturated rings. The maximum atomic E-state index is 4.41. The molecule has 0 atom stereocenters. The van der Waals surface area contributed by atoms with Crippen LogP contribution >= 0.6 is 11.3 Å². The summed E-state index contributed by atoms with van der Waals surface area (Å²) >= 11 is 1.80. The molecule has 1 saturated carbocycles. The third kappa shape index (κ3) is 4.25. The van der Waals surface area contributed by atoms with E-state index in [2.05, 4.69) is 36.0 Å². The predicted molar refractivity (Wildman–Crippen MR) is 79.2 cm³/mol. The van der Waals surface area contributed by atoms with Gasteiger partial charge in [-0.3, -0.25) is 4.90 Å². The van der Waals surface area contributed by atoms with E-state index in [0.29, 0.717) is 0 Å². The molecule has 4 heteroatoms. The largest absolute Gasteiger partial charge is 0.362 e. The van der Waals surface area contributed by atoms with E-state index in [4.69, 9.17) is 0 Å². The third-order valence-corrected chi connectivity index (χ3v) is 4.24. The van der Waals surface area contributed by atoms with Gasteiger partial charge >= 0.3 is 0 Å². The van der Waals surface area contributed by atoms with Gasteiger partial charge in [-0.25, -0.2) is 4.98 Å². The zero-order valence-electron chi connectivity index (χ0n) is 11.8. The minimum atomic E-state index is 0.796. The number of aromatic nitrogens is 1. The summed E-state index contributed by atoms with van der Waals surface area (Å²) in [4.78, 5) is 8.45. The van der Waals surface area contributed by atoms with Crippen molar-refractivity contribution >= 4 is 16.5 Å². The number of nitrogens with zero attached hydrogens (tertiary/aromatic N) is 2. The molecular weight excluding hydrogens is 242 g/mol. The molecule has 0 aliphatic heterocycles. The van der Waals surface area contributed by atoms with Crippen LogP contribution in [0.4, 0.5) is 5.13 Å². The van der Waals surface area contributed by atoms with Crippen LogP contribution in [0, 0.1) is 5.92 Å². The highest BCUT2D eigenvalue weighted by Crippen LogP contribution is 2.30. The van der Waals surface area contributed by atoms with Crippen molar-refractivity contribution in [2.24, 2.45) is 5.92 Å². The number of rotatable bonds is 8. The molecule has 3 nitrogen and oxygen atoms in total. The molecule has 0 amide bonds. The first-order chi connectivity index (χ1) is 8.69. The van der Waals surface area contributed by atoms with E-state index < -0.39 is 0 Å². The van der Waals surface area contributed by atoms with Gasteiger partial charge in [-0.05, 0) is 38.6 Å². The zero-order chi connectivity index (χ0) is 13.0. The second-order valence-electron chi connectivity index (χ2n) is 5.55. The van der Waals surface area contributed by atoms with E-state index in [0.717, 1.165) is 30.2 Å². The summed E-state index contributed by atoms with van der Waals surface area (Å²) in [5, 5.41) is 4.35. The summed E-state index contributed by atoms with van der Waals surface area (Å²) in [5.41, 5.74) is 0. The van der Waals surface area contributed by atoms with Gasteiger partial charge in [0.15, 0.2) is 5.13 Å². The van der Waals surface area contributed by atoms with E-state index in [1.165, 1.54) is 30.7 Å². The summed E-state index contributed by atoms with van der Waals surface area (Å²) in [7, 11) is 0. The van der Waals surface area contributed by atoms with Crippen molar-refractivity contribution < 1.29 is 0 Å². The van der Waals surface area contributed by atoms with Gasteiger partial charge in [-0.1, -0.05) is 13.8 Å². The summed E-state index contributed by atoms with van der Waals surface area (Å²) in [6.07, 6.45) is 6.11. The highest BCUT2D eigenvalue weighted by molar-refractivity contribution is 7.15. The number of nitrogens with one attached hydrogen (secondary N) is 1. The summed E-state index contributed by atoms with van der Waals surface area (Å²) in [5.74, 6) is 0.796. The Morgan fingerprint density at radius 1 is 1.50 bits per heavy atom. The Morgan fingerprint density at radius 3 is 2.89 bits per heavy atom. The standard InChI is InChI=1S/C14H25N3S/c1-4-15-14-16-9-13(18-14)10-17(12-5-6-12)8-7-11(2)3/h9,11-12H,4-8,10H2,1-3H3,(H,15,16). The van der Waals surface area contributed by atoms with Crippen LogP contribution < -0.4 is 5.32 Å². The SMILES string of the molecule is CCNc1ncc(CN(CCC(C)C)C2CC2)s1. The molecule has 18 heavy (non-hydrogen) atoms. The summed E-state index contributed by atoms with van der Waals surface area (Å²) < 4.78 is 0. The average Bonchev–Trinajstić information content (AvgIpc) is 3.07. The number of hydrogen-bond acceptors (Lipinski definition) is 4. The van der Waals surface area contributed by atoms with Crippen LogP contribution in [-0.4, -0.2) is 29.0 Å². The van der Waals surface area contributed by atoms with Crippen molar-refractivity contribution in [1.29, 1.82) is 0 Å². The van der Waals surface area contributed by atoms with Gasteiger partial charge in [0.1, 0.15) is 0 Å². The topological polar surface area (TPSA) is 28.2 Å². The highest BCUT2D eigenvalue weighted by Gasteiger charge is 2.29. The number of anilines is 1. The molecule has 0 unspecified atom stereocenters. The second kappa shape index (κ2) is 6.53. The van der Waals surface area contributed by atoms with Crippen molar-refractivity contribution in [1.82, 2.24) is 9.88 Å². The molecule has 0 aromatic carbocycles. The molecule has 1 N–H and O–H groups in total. The maximum absolute atomic E-state index is 4.41. The third-order valence-electron chi connectivity index (χ3n) is 3.30. The molecular formula is C14H25N3S. The highest BCUT2D eigenvalue weighted by atomic mass is 32.1. The fourth-order valence-corrected chi connectivity index (χ4v) is 2.97. The first-order valence-corrected chi connectivity index (χ1v) is 7.93. The van der Waals surface area contributed by atoms with Gasteiger partial charge in [0.05, 0.1) is 0 Å². The van der Waals surface area contributed by atoms with Gasteiger partial charge < -0.3 is 5.32 Å². The molecule has 102 valence electrons. The Morgan fingerprint density at radius 2 is 2.28 bits per heavy atom. The molecule has 0 radical (unpaired) electrons. The first-order valence-electron chi connectivity index (χ1n) is 7.11. The molecule has 0 spiro atoms. The second-order valence-corrected chi connectivity index (χ2v) is 6.66. The lowest BCUT2D eigenvalue weighted by molar-refractivity contribution is 0.241. The lowest BCUT2D eigenvalue weighted by Crippen LogP contribution is -2.27. The maximum Gasteiger partial charge on any atom is 0.182 e. The van der Waals surface area contributed by atoms with E-state index in [1.54, 1.807) is 11.3 Å². The predicted octanol–water partition coefficient (Wildman–Crippen LogP) is 3.59. The minimum absolute atomic E-state index is 0.796. The van der Waals surface area contributed by atoms with Gasteiger partial charge in [0, 0.05) is 30.2 Å². The Hall–Kier alpha value is -0.610. The van der Waals surface area contributed by atoms with Crippen molar-refractivity contribution in [2.75, 3.05) is 18.4 Å². The molecule has 1 heterocycles. The molecule has 1 aliphatic rings. The Balaban J connectivity index is 1.86. The smallest absolute Gasteiger partial charge is 0.182 e. The van der Waals surface area contributed by atoms with Crippen LogP contribution in [0.25, 0.3) is 0 Å². The molecule has 0 saturated heterocycles. The van der Waals surface area contributed by atoms with Gasteiger partial charge in [-0.2, -0.15) is 0 Å². The Labute approximate surface area is 115 Å². The van der Waals surface area contributed by atoms with E-state index in [1.807, 2.05) is 6.20 Å². The normalized spacial score (nSPS) is 15.6. The lowest BCUT2D eigenvalue weighted by atomic mass is 10.1. The van der Waals surface area contributed by atoms with Crippen LogP contribution in [0.3, 0.4) is 0 Å². The molecule has 1 aromatic heterocycles. The van der Waals surface area contributed by atoms with Gasteiger partial charge in [0.25, 0.3) is 0 Å². The van der Waals surface area contributed by atoms with Gasteiger partial charge in [0.2, 0.25) is 0 Å². The average molecular weight is 267 g/mol. The number of hydrogen-bond donors (Lipinski definition) is 1. The van der Waals surface area contributed by atoms with Crippen LogP contribution in [0.2, 0.25) is 0 Å². The monoisotopic (exact) mass is 267 g/mol. The van der Waals surface area contributed by atoms with Crippen molar-refractivity contribution in [2.45, 2.75) is 52.6 Å². The summed E-state index contributed by atoms with van der Waals surface area (Å²) in [6.45, 7) is 9.99. The van der Waals surface area contributed by atoms with E-state index in [9.17, 15) is 0 Å². The molecule has 2 rings (SSSR count). The van der Waals surface area contributed by atoms with Crippen molar-refractivity contribution in [3.63, 3.8) is 0 Å². The minimum Gasteiger partial charge on any atom is -0.362 e. The van der Waals surface area contributed by atoms with E-state index >= 15 is 0 Å². The quantitative estimate of drug-likeness (QED) is 0.780. The fraction of sp³-hybridized carbons (Fsp3) is 0.786. The van der Waals surface area contributed by atoms with Crippen LogP contribution in [0.5, 0.6) is 0 Å². The Bertz CT molecular complexity index is 358. The van der Waals surface area contributed by atoms with Gasteiger partial charge in [-0.15, -0.1) is 11.3 Å². The van der Waals surface area contributed by atoms with Crippen molar-refractivity contribution in [3.8, 4) is 0 Å². The Kier molecular flexibility index (Phi) is 5.01. The first kappa shape index (κ1) is 13.8. The zero-order valence-corrected chi connectivity index (χ0v) is 12.6. The molecule has 1 aromatic rings. The van der Waals surface area contributed by atoms with Crippen LogP contribution in [0.1, 0.15) is 44.9 Å². The molecule has 0 bridgehead atoms. The van der Waals surface area contributed by atoms with E-state index in [-0.39, 0.29) is 0 Å². The number of thiazole rings is 1. The molecule has 1 aliphatic carbocycles. The van der Waals surface area contributed by atoms with Crippen molar-refractivity contribution in [3.05, 3.63) is 11.1 Å². The van der Waals surface area contributed by atoms with Crippen LogP contribution in [-0.2, 0) is 6.54 Å². The van der Waals surface area contributed by atoms with Crippen LogP contribution in [0.15, 0.2) is 6.20 Å².